The molecular weight excluding hydrogens is 226 g/mol. The molecule has 0 aliphatic carbocycles. The molecule has 1 unspecified atom stereocenters. The van der Waals surface area contributed by atoms with Crippen LogP contribution in [0.5, 0.6) is 0 Å². The van der Waals surface area contributed by atoms with E-state index in [-0.39, 0.29) is 6.04 Å². The van der Waals surface area contributed by atoms with Gasteiger partial charge in [-0.2, -0.15) is 5.10 Å². The van der Waals surface area contributed by atoms with Crippen LogP contribution in [-0.4, -0.2) is 38.3 Å². The average molecular weight is 241 g/mol. The van der Waals surface area contributed by atoms with Crippen molar-refractivity contribution in [2.24, 2.45) is 0 Å². The SMILES string of the molecule is CC[C@H](NC(=O)NC(C)c1ncn[nH]1)C(=O)O. The Balaban J connectivity index is 2.47. The van der Waals surface area contributed by atoms with Crippen LogP contribution in [0.3, 0.4) is 0 Å². The summed E-state index contributed by atoms with van der Waals surface area (Å²) < 4.78 is 0. The second kappa shape index (κ2) is 5.83. The number of aliphatic carboxylic acids is 1. The minimum atomic E-state index is -1.06. The van der Waals surface area contributed by atoms with Gasteiger partial charge in [-0.1, -0.05) is 6.92 Å². The van der Waals surface area contributed by atoms with Gasteiger partial charge in [0, 0.05) is 0 Å². The fourth-order valence-corrected chi connectivity index (χ4v) is 1.23. The van der Waals surface area contributed by atoms with Crippen LogP contribution < -0.4 is 10.6 Å². The summed E-state index contributed by atoms with van der Waals surface area (Å²) in [5.74, 6) is -0.557. The van der Waals surface area contributed by atoms with Gasteiger partial charge in [0.15, 0.2) is 0 Å². The molecule has 1 rings (SSSR count). The van der Waals surface area contributed by atoms with Crippen molar-refractivity contribution in [2.75, 3.05) is 0 Å². The summed E-state index contributed by atoms with van der Waals surface area (Å²) in [5.41, 5.74) is 0. The summed E-state index contributed by atoms with van der Waals surface area (Å²) in [6.45, 7) is 3.39. The lowest BCUT2D eigenvalue weighted by molar-refractivity contribution is -0.139. The molecule has 0 spiro atoms. The molecule has 1 aromatic heterocycles. The van der Waals surface area contributed by atoms with Gasteiger partial charge in [-0.25, -0.2) is 14.6 Å². The number of urea groups is 1. The summed E-state index contributed by atoms with van der Waals surface area (Å²) in [6, 6.07) is -1.82. The summed E-state index contributed by atoms with van der Waals surface area (Å²) in [4.78, 5) is 26.1. The molecule has 0 fully saturated rings. The molecule has 1 aromatic rings. The molecule has 1 heterocycles. The maximum Gasteiger partial charge on any atom is 0.326 e. The second-order valence-electron chi connectivity index (χ2n) is 3.51. The summed E-state index contributed by atoms with van der Waals surface area (Å²) in [5, 5.41) is 19.9. The number of carboxylic acid groups (broad SMARTS) is 1. The van der Waals surface area contributed by atoms with Gasteiger partial charge in [-0.15, -0.1) is 0 Å². The molecule has 8 heteroatoms. The highest BCUT2D eigenvalue weighted by atomic mass is 16.4. The molecule has 0 aromatic carbocycles. The van der Waals surface area contributed by atoms with E-state index in [0.29, 0.717) is 12.2 Å². The first-order valence-electron chi connectivity index (χ1n) is 5.19. The van der Waals surface area contributed by atoms with Crippen molar-refractivity contribution in [1.82, 2.24) is 25.8 Å². The lowest BCUT2D eigenvalue weighted by Crippen LogP contribution is -2.46. The number of H-pyrrole nitrogens is 1. The fraction of sp³-hybridized carbons (Fsp3) is 0.556. The van der Waals surface area contributed by atoms with Crippen LogP contribution in [0.25, 0.3) is 0 Å². The number of carboxylic acids is 1. The Morgan fingerprint density at radius 2 is 2.24 bits per heavy atom. The van der Waals surface area contributed by atoms with Gasteiger partial charge in [0.25, 0.3) is 0 Å². The van der Waals surface area contributed by atoms with Crippen LogP contribution >= 0.6 is 0 Å². The smallest absolute Gasteiger partial charge is 0.326 e. The number of carbonyl (C=O) groups is 2. The third-order valence-corrected chi connectivity index (χ3v) is 2.20. The molecule has 94 valence electrons. The molecule has 0 saturated heterocycles. The van der Waals surface area contributed by atoms with E-state index in [4.69, 9.17) is 5.11 Å². The van der Waals surface area contributed by atoms with Crippen molar-refractivity contribution in [3.63, 3.8) is 0 Å². The van der Waals surface area contributed by atoms with E-state index < -0.39 is 18.0 Å². The summed E-state index contributed by atoms with van der Waals surface area (Å²) >= 11 is 0. The second-order valence-corrected chi connectivity index (χ2v) is 3.51. The Hall–Kier alpha value is -2.12. The van der Waals surface area contributed by atoms with Crippen molar-refractivity contribution in [2.45, 2.75) is 32.4 Å². The van der Waals surface area contributed by atoms with Crippen LogP contribution in [0, 0.1) is 0 Å². The average Bonchev–Trinajstić information content (AvgIpc) is 2.78. The number of hydrogen-bond acceptors (Lipinski definition) is 4. The normalized spacial score (nSPS) is 13.8. The molecular formula is C9H15N5O3. The van der Waals surface area contributed by atoms with Gasteiger partial charge in [0.1, 0.15) is 18.2 Å². The zero-order valence-electron chi connectivity index (χ0n) is 9.60. The molecule has 2 amide bonds. The van der Waals surface area contributed by atoms with E-state index in [1.807, 2.05) is 0 Å². The maximum atomic E-state index is 11.5. The summed E-state index contributed by atoms with van der Waals surface area (Å²) in [6.07, 6.45) is 1.65. The van der Waals surface area contributed by atoms with Gasteiger partial charge < -0.3 is 15.7 Å². The highest BCUT2D eigenvalue weighted by molar-refractivity contribution is 5.82. The molecule has 8 nitrogen and oxygen atoms in total. The van der Waals surface area contributed by atoms with E-state index >= 15 is 0 Å². The quantitative estimate of drug-likeness (QED) is 0.579. The molecule has 0 aliphatic heterocycles. The van der Waals surface area contributed by atoms with Crippen molar-refractivity contribution in [1.29, 1.82) is 0 Å². The number of aromatic nitrogens is 3. The number of amides is 2. The predicted molar refractivity (Wildman–Crippen MR) is 58.2 cm³/mol. The zero-order valence-corrected chi connectivity index (χ0v) is 9.60. The Kier molecular flexibility index (Phi) is 4.44. The third kappa shape index (κ3) is 3.74. The Morgan fingerprint density at radius 3 is 2.71 bits per heavy atom. The molecule has 4 N–H and O–H groups in total. The third-order valence-electron chi connectivity index (χ3n) is 2.20. The Morgan fingerprint density at radius 1 is 1.53 bits per heavy atom. The highest BCUT2D eigenvalue weighted by Gasteiger charge is 2.19. The van der Waals surface area contributed by atoms with Crippen molar-refractivity contribution in [3.8, 4) is 0 Å². The predicted octanol–water partition coefficient (Wildman–Crippen LogP) is 0.0281. The fourth-order valence-electron chi connectivity index (χ4n) is 1.23. The van der Waals surface area contributed by atoms with Gasteiger partial charge in [-0.05, 0) is 13.3 Å². The van der Waals surface area contributed by atoms with Gasteiger partial charge in [0.2, 0.25) is 0 Å². The minimum Gasteiger partial charge on any atom is -0.480 e. The molecule has 2 atom stereocenters. The van der Waals surface area contributed by atoms with Crippen LogP contribution in [0.15, 0.2) is 6.33 Å². The van der Waals surface area contributed by atoms with Gasteiger partial charge in [-0.3, -0.25) is 5.10 Å². The van der Waals surface area contributed by atoms with Crippen LogP contribution in [0.2, 0.25) is 0 Å². The number of aromatic amines is 1. The van der Waals surface area contributed by atoms with E-state index in [1.54, 1.807) is 13.8 Å². The standard InChI is InChI=1S/C9H15N5O3/c1-3-6(8(15)16)13-9(17)12-5(2)7-10-4-11-14-7/h4-6H,3H2,1-2H3,(H,15,16)(H,10,11,14)(H2,12,13,17)/t5?,6-/m0/s1. The van der Waals surface area contributed by atoms with Crippen molar-refractivity contribution in [3.05, 3.63) is 12.2 Å². The number of carbonyl (C=O) groups excluding carboxylic acids is 1. The van der Waals surface area contributed by atoms with E-state index in [2.05, 4.69) is 25.8 Å². The number of nitrogens with one attached hydrogen (secondary N) is 3. The minimum absolute atomic E-state index is 0.319. The molecule has 0 bridgehead atoms. The van der Waals surface area contributed by atoms with Crippen molar-refractivity contribution >= 4 is 12.0 Å². The highest BCUT2D eigenvalue weighted by Crippen LogP contribution is 2.03. The lowest BCUT2D eigenvalue weighted by Gasteiger charge is -2.15. The lowest BCUT2D eigenvalue weighted by atomic mass is 10.2. The van der Waals surface area contributed by atoms with Crippen LogP contribution in [-0.2, 0) is 4.79 Å². The van der Waals surface area contributed by atoms with E-state index in [9.17, 15) is 9.59 Å². The number of hydrogen-bond donors (Lipinski definition) is 4. The zero-order chi connectivity index (χ0) is 12.8. The first kappa shape index (κ1) is 12.9. The van der Waals surface area contributed by atoms with Crippen molar-refractivity contribution < 1.29 is 14.7 Å². The molecule has 0 aliphatic rings. The van der Waals surface area contributed by atoms with E-state index in [1.165, 1.54) is 6.33 Å². The molecule has 0 saturated carbocycles. The maximum absolute atomic E-state index is 11.5. The van der Waals surface area contributed by atoms with Gasteiger partial charge >= 0.3 is 12.0 Å². The molecule has 17 heavy (non-hydrogen) atoms. The largest absolute Gasteiger partial charge is 0.480 e. The molecule has 0 radical (unpaired) electrons. The monoisotopic (exact) mass is 241 g/mol. The van der Waals surface area contributed by atoms with Crippen LogP contribution in [0.1, 0.15) is 32.1 Å². The number of nitrogens with zero attached hydrogens (tertiary/aromatic N) is 2. The van der Waals surface area contributed by atoms with Gasteiger partial charge in [0.05, 0.1) is 6.04 Å². The Bertz CT molecular complexity index is 378. The van der Waals surface area contributed by atoms with E-state index in [0.717, 1.165) is 0 Å². The number of rotatable bonds is 5. The topological polar surface area (TPSA) is 120 Å². The first-order valence-corrected chi connectivity index (χ1v) is 5.19. The Labute approximate surface area is 97.8 Å². The first-order chi connectivity index (χ1) is 8.04. The van der Waals surface area contributed by atoms with Crippen LogP contribution in [0.4, 0.5) is 4.79 Å². The summed E-state index contributed by atoms with van der Waals surface area (Å²) in [7, 11) is 0.